The number of benzene rings is 2. The lowest BCUT2D eigenvalue weighted by Crippen LogP contribution is -2.18. The number of rotatable bonds is 5. The van der Waals surface area contributed by atoms with Gasteiger partial charge in [-0.1, -0.05) is 42.0 Å². The van der Waals surface area contributed by atoms with Crippen molar-refractivity contribution >= 4 is 15.9 Å². The Morgan fingerprint density at radius 1 is 1.20 bits per heavy atom. The molecule has 0 fully saturated rings. The Labute approximate surface area is 129 Å². The summed E-state index contributed by atoms with van der Waals surface area (Å²) in [6, 6.07) is 14.6. The minimum absolute atomic E-state index is 0.116. The fraction of sp³-hybridized carbons (Fsp3) is 0.294. The van der Waals surface area contributed by atoms with E-state index in [0.29, 0.717) is 6.61 Å². The fourth-order valence-corrected chi connectivity index (χ4v) is 2.70. The summed E-state index contributed by atoms with van der Waals surface area (Å²) in [6.07, 6.45) is 0.808. The van der Waals surface area contributed by atoms with E-state index >= 15 is 0 Å². The van der Waals surface area contributed by atoms with Crippen LogP contribution in [0, 0.1) is 6.92 Å². The Kier molecular flexibility index (Phi) is 5.21. The Morgan fingerprint density at radius 3 is 2.65 bits per heavy atom. The second-order valence-corrected chi connectivity index (χ2v) is 6.04. The molecule has 0 aliphatic heterocycles. The molecule has 2 N–H and O–H groups in total. The van der Waals surface area contributed by atoms with Crippen LogP contribution in [-0.4, -0.2) is 6.04 Å². The molecule has 2 rings (SSSR count). The summed E-state index contributed by atoms with van der Waals surface area (Å²) < 4.78 is 6.98. The third-order valence-electron chi connectivity index (χ3n) is 3.06. The van der Waals surface area contributed by atoms with Gasteiger partial charge < -0.3 is 10.5 Å². The molecule has 0 bridgehead atoms. The first-order chi connectivity index (χ1) is 9.56. The maximum Gasteiger partial charge on any atom is 0.137 e. The van der Waals surface area contributed by atoms with Crippen LogP contribution in [0.15, 0.2) is 46.9 Å². The smallest absolute Gasteiger partial charge is 0.137 e. The van der Waals surface area contributed by atoms with Crippen LogP contribution in [0.4, 0.5) is 0 Å². The molecule has 0 amide bonds. The summed E-state index contributed by atoms with van der Waals surface area (Å²) in [5, 5.41) is 0. The van der Waals surface area contributed by atoms with Crippen LogP contribution < -0.4 is 10.5 Å². The molecule has 0 heterocycles. The van der Waals surface area contributed by atoms with Crippen molar-refractivity contribution in [2.45, 2.75) is 32.9 Å². The normalized spacial score (nSPS) is 12.2. The summed E-state index contributed by atoms with van der Waals surface area (Å²) in [4.78, 5) is 0. The average molecular weight is 334 g/mol. The van der Waals surface area contributed by atoms with Gasteiger partial charge in [-0.3, -0.25) is 0 Å². The summed E-state index contributed by atoms with van der Waals surface area (Å²) in [6.45, 7) is 4.66. The van der Waals surface area contributed by atoms with Crippen LogP contribution in [0.25, 0.3) is 0 Å². The van der Waals surface area contributed by atoms with Gasteiger partial charge in [-0.2, -0.15) is 0 Å². The molecule has 2 nitrogen and oxygen atoms in total. The molecule has 0 saturated heterocycles. The summed E-state index contributed by atoms with van der Waals surface area (Å²) in [5.41, 5.74) is 9.46. The number of nitrogens with two attached hydrogens (primary N) is 1. The van der Waals surface area contributed by atoms with Crippen molar-refractivity contribution in [2.75, 3.05) is 0 Å². The highest BCUT2D eigenvalue weighted by atomic mass is 79.9. The van der Waals surface area contributed by atoms with Crippen LogP contribution in [0.1, 0.15) is 23.6 Å². The molecule has 1 atom stereocenters. The molecule has 3 heteroatoms. The van der Waals surface area contributed by atoms with Gasteiger partial charge in [0, 0.05) is 6.04 Å². The number of aryl methyl sites for hydroxylation is 1. The highest BCUT2D eigenvalue weighted by molar-refractivity contribution is 9.10. The predicted octanol–water partition coefficient (Wildman–Crippen LogP) is 4.23. The quantitative estimate of drug-likeness (QED) is 0.888. The minimum atomic E-state index is 0.116. The molecule has 0 aliphatic rings. The molecule has 0 aliphatic carbocycles. The first-order valence-electron chi connectivity index (χ1n) is 6.77. The van der Waals surface area contributed by atoms with Crippen LogP contribution in [0.2, 0.25) is 0 Å². The van der Waals surface area contributed by atoms with Crippen LogP contribution in [0.3, 0.4) is 0 Å². The van der Waals surface area contributed by atoms with Crippen molar-refractivity contribution in [3.63, 3.8) is 0 Å². The van der Waals surface area contributed by atoms with E-state index in [4.69, 9.17) is 10.5 Å². The first-order valence-corrected chi connectivity index (χ1v) is 7.57. The SMILES string of the molecule is Cc1cccc(COc2c(Br)cccc2CC(C)N)c1. The molecule has 1 unspecified atom stereocenters. The van der Waals surface area contributed by atoms with Crippen molar-refractivity contribution in [3.05, 3.63) is 63.6 Å². The van der Waals surface area contributed by atoms with E-state index in [1.165, 1.54) is 11.1 Å². The zero-order valence-corrected chi connectivity index (χ0v) is 13.5. The van der Waals surface area contributed by atoms with E-state index in [0.717, 1.165) is 22.2 Å². The summed E-state index contributed by atoms with van der Waals surface area (Å²) in [7, 11) is 0. The van der Waals surface area contributed by atoms with Crippen LogP contribution in [-0.2, 0) is 13.0 Å². The van der Waals surface area contributed by atoms with E-state index < -0.39 is 0 Å². The Balaban J connectivity index is 2.16. The van der Waals surface area contributed by atoms with Crippen LogP contribution in [0.5, 0.6) is 5.75 Å². The van der Waals surface area contributed by atoms with Gasteiger partial charge in [0.1, 0.15) is 12.4 Å². The van der Waals surface area contributed by atoms with Gasteiger partial charge in [0.2, 0.25) is 0 Å². The molecule has 2 aromatic carbocycles. The number of para-hydroxylation sites is 1. The Morgan fingerprint density at radius 2 is 1.95 bits per heavy atom. The third kappa shape index (κ3) is 4.09. The molecule has 20 heavy (non-hydrogen) atoms. The highest BCUT2D eigenvalue weighted by Gasteiger charge is 2.10. The number of hydrogen-bond acceptors (Lipinski definition) is 2. The molecule has 0 radical (unpaired) electrons. The fourth-order valence-electron chi connectivity index (χ4n) is 2.18. The molecule has 0 spiro atoms. The van der Waals surface area contributed by atoms with Gasteiger partial charge in [-0.05, 0) is 53.4 Å². The third-order valence-corrected chi connectivity index (χ3v) is 3.68. The molecule has 106 valence electrons. The van der Waals surface area contributed by atoms with Gasteiger partial charge in [-0.25, -0.2) is 0 Å². The summed E-state index contributed by atoms with van der Waals surface area (Å²) in [5.74, 6) is 0.895. The maximum atomic E-state index is 6.01. The zero-order valence-electron chi connectivity index (χ0n) is 11.9. The number of hydrogen-bond donors (Lipinski definition) is 1. The van der Waals surface area contributed by atoms with Gasteiger partial charge in [0.25, 0.3) is 0 Å². The lowest BCUT2D eigenvalue weighted by molar-refractivity contribution is 0.300. The van der Waals surface area contributed by atoms with Crippen molar-refractivity contribution in [3.8, 4) is 5.75 Å². The second kappa shape index (κ2) is 6.91. The van der Waals surface area contributed by atoms with Gasteiger partial charge in [0.05, 0.1) is 4.47 Å². The minimum Gasteiger partial charge on any atom is -0.487 e. The largest absolute Gasteiger partial charge is 0.487 e. The van der Waals surface area contributed by atoms with Gasteiger partial charge in [0.15, 0.2) is 0 Å². The lowest BCUT2D eigenvalue weighted by atomic mass is 10.1. The summed E-state index contributed by atoms with van der Waals surface area (Å²) >= 11 is 3.56. The molecule has 2 aromatic rings. The van der Waals surface area contributed by atoms with E-state index in [1.54, 1.807) is 0 Å². The average Bonchev–Trinajstić information content (AvgIpc) is 2.37. The Bertz CT molecular complexity index is 581. The zero-order chi connectivity index (χ0) is 14.5. The lowest BCUT2D eigenvalue weighted by Gasteiger charge is -2.15. The van der Waals surface area contributed by atoms with Crippen LogP contribution >= 0.6 is 15.9 Å². The van der Waals surface area contributed by atoms with Gasteiger partial charge >= 0.3 is 0 Å². The molecule has 0 saturated carbocycles. The molecular weight excluding hydrogens is 314 g/mol. The van der Waals surface area contributed by atoms with Crippen molar-refractivity contribution in [2.24, 2.45) is 5.73 Å². The molecule has 0 aromatic heterocycles. The van der Waals surface area contributed by atoms with E-state index in [2.05, 4.69) is 53.2 Å². The first kappa shape index (κ1) is 15.1. The standard InChI is InChI=1S/C17H20BrNO/c1-12-5-3-6-14(9-12)11-20-17-15(10-13(2)19)7-4-8-16(17)18/h3-9,13H,10-11,19H2,1-2H3. The number of halogens is 1. The van der Waals surface area contributed by atoms with Crippen molar-refractivity contribution < 1.29 is 4.74 Å². The Hall–Kier alpha value is -1.32. The topological polar surface area (TPSA) is 35.2 Å². The highest BCUT2D eigenvalue weighted by Crippen LogP contribution is 2.30. The monoisotopic (exact) mass is 333 g/mol. The second-order valence-electron chi connectivity index (χ2n) is 5.19. The molecular formula is C17H20BrNO. The van der Waals surface area contributed by atoms with E-state index in [1.807, 2.05) is 19.1 Å². The predicted molar refractivity (Wildman–Crippen MR) is 87.0 cm³/mol. The van der Waals surface area contributed by atoms with E-state index in [9.17, 15) is 0 Å². The maximum absolute atomic E-state index is 6.01. The van der Waals surface area contributed by atoms with Crippen molar-refractivity contribution in [1.29, 1.82) is 0 Å². The number of ether oxygens (including phenoxy) is 1. The van der Waals surface area contributed by atoms with Crippen molar-refractivity contribution in [1.82, 2.24) is 0 Å². The van der Waals surface area contributed by atoms with Gasteiger partial charge in [-0.15, -0.1) is 0 Å². The van der Waals surface area contributed by atoms with E-state index in [-0.39, 0.29) is 6.04 Å².